The molecular weight excluding hydrogens is 198 g/mol. The molecule has 0 amide bonds. The maximum absolute atomic E-state index is 11.4. The van der Waals surface area contributed by atoms with Gasteiger partial charge in [0, 0.05) is 12.0 Å². The van der Waals surface area contributed by atoms with Gasteiger partial charge in [0.25, 0.3) is 0 Å². The second-order valence-corrected chi connectivity index (χ2v) is 3.69. The molecule has 0 aliphatic heterocycles. The molecule has 1 N–H and O–H groups in total. The van der Waals surface area contributed by atoms with Gasteiger partial charge in [0.05, 0.1) is 0 Å². The van der Waals surface area contributed by atoms with E-state index in [1.807, 2.05) is 38.2 Å². The zero-order chi connectivity index (χ0) is 11.8. The number of Topliss-reactive ketones (excluding diaryl/α,β-unsaturated/α-hetero) is 1. The van der Waals surface area contributed by atoms with Crippen LogP contribution in [-0.2, 0) is 0 Å². The Morgan fingerprint density at radius 1 is 1.31 bits per heavy atom. The second-order valence-electron chi connectivity index (χ2n) is 3.69. The van der Waals surface area contributed by atoms with Crippen molar-refractivity contribution in [3.05, 3.63) is 41.5 Å². The molecule has 2 nitrogen and oxygen atoms in total. The highest BCUT2D eigenvalue weighted by Gasteiger charge is 2.00. The lowest BCUT2D eigenvalue weighted by Gasteiger charge is -1.98. The molecule has 0 fully saturated rings. The molecule has 0 unspecified atom stereocenters. The van der Waals surface area contributed by atoms with Crippen LogP contribution in [0.4, 0.5) is 0 Å². The normalized spacial score (nSPS) is 10.9. The zero-order valence-electron chi connectivity index (χ0n) is 9.99. The lowest BCUT2D eigenvalue weighted by atomic mass is 10.1. The SMILES string of the molecule is CCC(=O)c1ccc(C=CCCNC)cc1. The predicted molar refractivity (Wildman–Crippen MR) is 68.6 cm³/mol. The van der Waals surface area contributed by atoms with E-state index in [0.29, 0.717) is 6.42 Å². The van der Waals surface area contributed by atoms with Crippen LogP contribution in [0.2, 0.25) is 0 Å². The average Bonchev–Trinajstić information content (AvgIpc) is 2.34. The minimum absolute atomic E-state index is 0.200. The number of hydrogen-bond donors (Lipinski definition) is 1. The van der Waals surface area contributed by atoms with Crippen LogP contribution in [0.1, 0.15) is 35.7 Å². The van der Waals surface area contributed by atoms with Gasteiger partial charge in [-0.3, -0.25) is 4.79 Å². The van der Waals surface area contributed by atoms with Gasteiger partial charge in [0.1, 0.15) is 0 Å². The summed E-state index contributed by atoms with van der Waals surface area (Å²) in [6.07, 6.45) is 5.80. The summed E-state index contributed by atoms with van der Waals surface area (Å²) in [5.74, 6) is 0.200. The number of carbonyl (C=O) groups excluding carboxylic acids is 1. The summed E-state index contributed by atoms with van der Waals surface area (Å²) in [7, 11) is 1.94. The molecule has 0 aliphatic carbocycles. The van der Waals surface area contributed by atoms with E-state index in [1.165, 1.54) is 0 Å². The minimum Gasteiger partial charge on any atom is -0.319 e. The Bertz CT molecular complexity index is 352. The maximum Gasteiger partial charge on any atom is 0.162 e. The van der Waals surface area contributed by atoms with Gasteiger partial charge in [0.15, 0.2) is 5.78 Å². The molecule has 16 heavy (non-hydrogen) atoms. The molecule has 1 aromatic rings. The Morgan fingerprint density at radius 3 is 2.56 bits per heavy atom. The fourth-order valence-electron chi connectivity index (χ4n) is 1.43. The van der Waals surface area contributed by atoms with E-state index in [1.54, 1.807) is 0 Å². The molecule has 86 valence electrons. The number of ketones is 1. The Kier molecular flexibility index (Phi) is 5.51. The fraction of sp³-hybridized carbons (Fsp3) is 0.357. The van der Waals surface area contributed by atoms with Crippen LogP contribution in [0.15, 0.2) is 30.3 Å². The summed E-state index contributed by atoms with van der Waals surface area (Å²) in [5, 5.41) is 3.09. The van der Waals surface area contributed by atoms with Gasteiger partial charge in [-0.1, -0.05) is 43.3 Å². The van der Waals surface area contributed by atoms with Gasteiger partial charge in [0.2, 0.25) is 0 Å². The molecule has 0 bridgehead atoms. The standard InChI is InChI=1S/C14H19NO/c1-3-14(16)13-9-7-12(8-10-13)6-4-5-11-15-2/h4,6-10,15H,3,5,11H2,1-2H3. The van der Waals surface area contributed by atoms with Crippen molar-refractivity contribution in [2.24, 2.45) is 0 Å². The molecular formula is C14H19NO. The number of hydrogen-bond acceptors (Lipinski definition) is 2. The largest absolute Gasteiger partial charge is 0.319 e. The topological polar surface area (TPSA) is 29.1 Å². The van der Waals surface area contributed by atoms with Crippen LogP contribution >= 0.6 is 0 Å². The number of benzene rings is 1. The molecule has 0 heterocycles. The molecule has 0 radical (unpaired) electrons. The van der Waals surface area contributed by atoms with E-state index in [-0.39, 0.29) is 5.78 Å². The highest BCUT2D eigenvalue weighted by Crippen LogP contribution is 2.08. The first-order chi connectivity index (χ1) is 7.77. The van der Waals surface area contributed by atoms with E-state index in [4.69, 9.17) is 0 Å². The van der Waals surface area contributed by atoms with Crippen LogP contribution in [-0.4, -0.2) is 19.4 Å². The van der Waals surface area contributed by atoms with Crippen molar-refractivity contribution in [2.75, 3.05) is 13.6 Å². The van der Waals surface area contributed by atoms with Crippen molar-refractivity contribution in [3.8, 4) is 0 Å². The average molecular weight is 217 g/mol. The first kappa shape index (κ1) is 12.7. The molecule has 1 aromatic carbocycles. The molecule has 0 spiro atoms. The summed E-state index contributed by atoms with van der Waals surface area (Å²) >= 11 is 0. The molecule has 2 heteroatoms. The fourth-order valence-corrected chi connectivity index (χ4v) is 1.43. The Hall–Kier alpha value is -1.41. The molecule has 0 aliphatic rings. The highest BCUT2D eigenvalue weighted by atomic mass is 16.1. The van der Waals surface area contributed by atoms with Crippen molar-refractivity contribution < 1.29 is 4.79 Å². The van der Waals surface area contributed by atoms with Gasteiger partial charge in [-0.05, 0) is 25.6 Å². The van der Waals surface area contributed by atoms with E-state index in [9.17, 15) is 4.79 Å². The molecule has 1 rings (SSSR count). The summed E-state index contributed by atoms with van der Waals surface area (Å²) in [5.41, 5.74) is 1.94. The zero-order valence-corrected chi connectivity index (χ0v) is 9.99. The molecule has 0 atom stereocenters. The third kappa shape index (κ3) is 3.99. The van der Waals surface area contributed by atoms with Crippen LogP contribution in [0.5, 0.6) is 0 Å². The van der Waals surface area contributed by atoms with E-state index in [0.717, 1.165) is 24.1 Å². The van der Waals surface area contributed by atoms with Gasteiger partial charge in [-0.15, -0.1) is 0 Å². The molecule has 0 saturated heterocycles. The Balaban J connectivity index is 2.57. The lowest BCUT2D eigenvalue weighted by Crippen LogP contribution is -2.05. The van der Waals surface area contributed by atoms with Crippen LogP contribution < -0.4 is 5.32 Å². The summed E-state index contributed by atoms with van der Waals surface area (Å²) in [6.45, 7) is 2.87. The van der Waals surface area contributed by atoms with Crippen LogP contribution in [0.25, 0.3) is 6.08 Å². The van der Waals surface area contributed by atoms with Gasteiger partial charge < -0.3 is 5.32 Å². The summed E-state index contributed by atoms with van der Waals surface area (Å²) in [4.78, 5) is 11.4. The van der Waals surface area contributed by atoms with Crippen molar-refractivity contribution in [1.82, 2.24) is 5.32 Å². The van der Waals surface area contributed by atoms with Crippen LogP contribution in [0.3, 0.4) is 0 Å². The summed E-state index contributed by atoms with van der Waals surface area (Å²) in [6, 6.07) is 7.75. The third-order valence-corrected chi connectivity index (χ3v) is 2.43. The number of carbonyl (C=O) groups is 1. The lowest BCUT2D eigenvalue weighted by molar-refractivity contribution is 0.0988. The molecule has 0 saturated carbocycles. The highest BCUT2D eigenvalue weighted by molar-refractivity contribution is 5.95. The van der Waals surface area contributed by atoms with Crippen molar-refractivity contribution in [3.63, 3.8) is 0 Å². The first-order valence-electron chi connectivity index (χ1n) is 5.72. The van der Waals surface area contributed by atoms with E-state index < -0.39 is 0 Å². The smallest absolute Gasteiger partial charge is 0.162 e. The van der Waals surface area contributed by atoms with Crippen LogP contribution in [0, 0.1) is 0 Å². The first-order valence-corrected chi connectivity index (χ1v) is 5.72. The summed E-state index contributed by atoms with van der Waals surface area (Å²) < 4.78 is 0. The van der Waals surface area contributed by atoms with E-state index in [2.05, 4.69) is 17.5 Å². The van der Waals surface area contributed by atoms with Gasteiger partial charge >= 0.3 is 0 Å². The second kappa shape index (κ2) is 6.96. The minimum atomic E-state index is 0.200. The number of nitrogens with one attached hydrogen (secondary N) is 1. The van der Waals surface area contributed by atoms with Crippen molar-refractivity contribution >= 4 is 11.9 Å². The monoisotopic (exact) mass is 217 g/mol. The quantitative estimate of drug-likeness (QED) is 0.586. The number of rotatable bonds is 6. The predicted octanol–water partition coefficient (Wildman–Crippen LogP) is 2.90. The van der Waals surface area contributed by atoms with Gasteiger partial charge in [-0.2, -0.15) is 0 Å². The Morgan fingerprint density at radius 2 is 2.00 bits per heavy atom. The van der Waals surface area contributed by atoms with Crippen molar-refractivity contribution in [1.29, 1.82) is 0 Å². The Labute approximate surface area is 97.4 Å². The van der Waals surface area contributed by atoms with Crippen molar-refractivity contribution in [2.45, 2.75) is 19.8 Å². The maximum atomic E-state index is 11.4. The van der Waals surface area contributed by atoms with E-state index >= 15 is 0 Å². The molecule has 0 aromatic heterocycles. The third-order valence-electron chi connectivity index (χ3n) is 2.43. The van der Waals surface area contributed by atoms with Gasteiger partial charge in [-0.25, -0.2) is 0 Å².